The summed E-state index contributed by atoms with van der Waals surface area (Å²) in [6.07, 6.45) is 0. The minimum Gasteiger partial charge on any atom is -0.456 e. The van der Waals surface area contributed by atoms with Crippen LogP contribution >= 0.6 is 11.6 Å². The summed E-state index contributed by atoms with van der Waals surface area (Å²) in [6.45, 7) is 0. The van der Waals surface area contributed by atoms with Gasteiger partial charge in [0.15, 0.2) is 11.6 Å². The molecule has 0 radical (unpaired) electrons. The van der Waals surface area contributed by atoms with E-state index in [1.165, 1.54) is 32.7 Å². The van der Waals surface area contributed by atoms with E-state index in [9.17, 15) is 0 Å². The van der Waals surface area contributed by atoms with Gasteiger partial charge in [0.1, 0.15) is 11.2 Å². The van der Waals surface area contributed by atoms with Gasteiger partial charge in [-0.05, 0) is 85.7 Å². The summed E-state index contributed by atoms with van der Waals surface area (Å²) in [5.74, 6) is 1.02. The topological polar surface area (TPSA) is 51.8 Å². The smallest absolute Gasteiger partial charge is 0.226 e. The van der Waals surface area contributed by atoms with Crippen LogP contribution in [0.4, 0.5) is 0 Å². The number of furan rings is 1. The van der Waals surface area contributed by atoms with Crippen LogP contribution in [-0.2, 0) is 0 Å². The molecule has 46 heavy (non-hydrogen) atoms. The molecule has 0 fully saturated rings. The Bertz CT molecular complexity index is 2620. The van der Waals surface area contributed by atoms with Gasteiger partial charge in [-0.2, -0.15) is 9.97 Å². The highest BCUT2D eigenvalue weighted by Gasteiger charge is 2.17. The molecule has 0 atom stereocenters. The van der Waals surface area contributed by atoms with Gasteiger partial charge in [0.05, 0.1) is 0 Å². The molecule has 4 nitrogen and oxygen atoms in total. The van der Waals surface area contributed by atoms with Crippen LogP contribution in [0.1, 0.15) is 0 Å². The highest BCUT2D eigenvalue weighted by Crippen LogP contribution is 2.37. The van der Waals surface area contributed by atoms with Gasteiger partial charge >= 0.3 is 0 Å². The van der Waals surface area contributed by atoms with Gasteiger partial charge in [0, 0.05) is 21.9 Å². The van der Waals surface area contributed by atoms with Crippen LogP contribution < -0.4 is 0 Å². The number of rotatable bonds is 4. The van der Waals surface area contributed by atoms with Gasteiger partial charge in [-0.25, -0.2) is 4.98 Å². The first-order valence-electron chi connectivity index (χ1n) is 15.1. The number of benzene rings is 7. The zero-order chi connectivity index (χ0) is 30.6. The van der Waals surface area contributed by atoms with E-state index >= 15 is 0 Å². The number of hydrogen-bond acceptors (Lipinski definition) is 4. The van der Waals surface area contributed by atoms with Crippen LogP contribution in [-0.4, -0.2) is 15.0 Å². The lowest BCUT2D eigenvalue weighted by molar-refractivity contribution is 0.669. The Labute approximate surface area is 269 Å². The maximum absolute atomic E-state index is 6.52. The summed E-state index contributed by atoms with van der Waals surface area (Å²) in [5.41, 5.74) is 7.93. The second-order valence-corrected chi connectivity index (χ2v) is 11.8. The van der Waals surface area contributed by atoms with Gasteiger partial charge in [-0.1, -0.05) is 115 Å². The third kappa shape index (κ3) is 4.50. The summed E-state index contributed by atoms with van der Waals surface area (Å²) < 4.78 is 6.10. The second-order valence-electron chi connectivity index (χ2n) is 11.4. The average Bonchev–Trinajstić information content (AvgIpc) is 3.50. The monoisotopic (exact) mass is 609 g/mol. The van der Waals surface area contributed by atoms with Crippen LogP contribution in [0.5, 0.6) is 0 Å². The number of fused-ring (bicyclic) bond motifs is 5. The largest absolute Gasteiger partial charge is 0.456 e. The molecule has 0 unspecified atom stereocenters. The number of nitrogens with zero attached hydrogens (tertiary/aromatic N) is 3. The molecule has 0 saturated carbocycles. The Balaban J connectivity index is 1.09. The Morgan fingerprint density at radius 2 is 1.04 bits per heavy atom. The lowest BCUT2D eigenvalue weighted by Gasteiger charge is -2.10. The first kappa shape index (κ1) is 26.6. The highest BCUT2D eigenvalue weighted by molar-refractivity contribution is 6.28. The molecular formula is C41H24ClN3O. The van der Waals surface area contributed by atoms with Crippen molar-refractivity contribution in [1.29, 1.82) is 0 Å². The van der Waals surface area contributed by atoms with Crippen molar-refractivity contribution in [2.24, 2.45) is 0 Å². The normalized spacial score (nSPS) is 11.6. The molecule has 0 aliphatic heterocycles. The lowest BCUT2D eigenvalue weighted by atomic mass is 9.94. The first-order valence-corrected chi connectivity index (χ1v) is 15.5. The van der Waals surface area contributed by atoms with Crippen LogP contribution in [0.2, 0.25) is 5.28 Å². The minimum absolute atomic E-state index is 0.142. The molecule has 0 N–H and O–H groups in total. The van der Waals surface area contributed by atoms with Gasteiger partial charge in [0.2, 0.25) is 5.28 Å². The van der Waals surface area contributed by atoms with Crippen LogP contribution in [0.3, 0.4) is 0 Å². The minimum atomic E-state index is 0.142. The van der Waals surface area contributed by atoms with Gasteiger partial charge in [-0.15, -0.1) is 0 Å². The summed E-state index contributed by atoms with van der Waals surface area (Å²) >= 11 is 6.52. The molecule has 7 aromatic carbocycles. The highest BCUT2D eigenvalue weighted by atomic mass is 35.5. The zero-order valence-corrected chi connectivity index (χ0v) is 25.2. The summed E-state index contributed by atoms with van der Waals surface area (Å²) in [5, 5.41) is 6.98. The number of halogens is 1. The van der Waals surface area contributed by atoms with Crippen molar-refractivity contribution >= 4 is 55.1 Å². The molecule has 0 spiro atoms. The fourth-order valence-corrected chi connectivity index (χ4v) is 6.63. The van der Waals surface area contributed by atoms with Crippen molar-refractivity contribution in [2.75, 3.05) is 0 Å². The Kier molecular flexibility index (Phi) is 6.15. The van der Waals surface area contributed by atoms with Crippen molar-refractivity contribution in [1.82, 2.24) is 15.0 Å². The van der Waals surface area contributed by atoms with E-state index in [4.69, 9.17) is 21.0 Å². The second kappa shape index (κ2) is 10.7. The Hall–Kier alpha value is -5.84. The summed E-state index contributed by atoms with van der Waals surface area (Å²) in [4.78, 5) is 14.0. The zero-order valence-electron chi connectivity index (χ0n) is 24.5. The van der Waals surface area contributed by atoms with E-state index in [2.05, 4.69) is 101 Å². The van der Waals surface area contributed by atoms with Crippen molar-refractivity contribution < 1.29 is 4.42 Å². The van der Waals surface area contributed by atoms with E-state index in [1.807, 2.05) is 54.6 Å². The molecule has 9 rings (SSSR count). The Morgan fingerprint density at radius 3 is 1.96 bits per heavy atom. The molecule has 216 valence electrons. The van der Waals surface area contributed by atoms with E-state index < -0.39 is 0 Å². The SMILES string of the molecule is Clc1nc(-c2cccc(-c3ccc4cc(-c5cccc6ccccc56)ccc4c3)c2)nc(-c2cccc3oc4ccccc4c23)n1. The average molecular weight is 610 g/mol. The molecule has 0 bridgehead atoms. The number of aromatic nitrogens is 3. The number of hydrogen-bond donors (Lipinski definition) is 0. The Morgan fingerprint density at radius 1 is 0.413 bits per heavy atom. The molecule has 5 heteroatoms. The molecule has 0 aliphatic rings. The first-order chi connectivity index (χ1) is 22.7. The molecule has 2 aromatic heterocycles. The van der Waals surface area contributed by atoms with Crippen LogP contribution in [0.25, 0.3) is 88.5 Å². The molecule has 0 saturated heterocycles. The maximum atomic E-state index is 6.52. The van der Waals surface area contributed by atoms with Crippen molar-refractivity contribution in [3.63, 3.8) is 0 Å². The van der Waals surface area contributed by atoms with Gasteiger partial charge < -0.3 is 4.42 Å². The van der Waals surface area contributed by atoms with Crippen molar-refractivity contribution in [2.45, 2.75) is 0 Å². The molecule has 0 aliphatic carbocycles. The van der Waals surface area contributed by atoms with Crippen molar-refractivity contribution in [3.05, 3.63) is 151 Å². The van der Waals surface area contributed by atoms with Gasteiger partial charge in [0.25, 0.3) is 0 Å². The molecule has 9 aromatic rings. The lowest BCUT2D eigenvalue weighted by Crippen LogP contribution is -1.97. The van der Waals surface area contributed by atoms with Crippen LogP contribution in [0.15, 0.2) is 150 Å². The van der Waals surface area contributed by atoms with E-state index in [1.54, 1.807) is 0 Å². The van der Waals surface area contributed by atoms with E-state index in [-0.39, 0.29) is 5.28 Å². The van der Waals surface area contributed by atoms with Crippen LogP contribution in [0, 0.1) is 0 Å². The fourth-order valence-electron chi connectivity index (χ4n) is 6.47. The third-order valence-electron chi connectivity index (χ3n) is 8.65. The predicted molar refractivity (Wildman–Crippen MR) is 189 cm³/mol. The van der Waals surface area contributed by atoms with Crippen molar-refractivity contribution in [3.8, 4) is 45.0 Å². The van der Waals surface area contributed by atoms with Gasteiger partial charge in [-0.3, -0.25) is 0 Å². The summed E-state index contributed by atoms with van der Waals surface area (Å²) in [7, 11) is 0. The van der Waals surface area contributed by atoms with E-state index in [0.29, 0.717) is 11.6 Å². The molecular weight excluding hydrogens is 586 g/mol. The molecule has 2 heterocycles. The predicted octanol–water partition coefficient (Wildman–Crippen LogP) is 11.4. The standard InChI is InChI=1S/C41H24ClN3O/c42-41-44-39(43-40(45-41)35-15-7-17-37-38(35)34-13-3-4-16-36(34)46-37)31-11-5-10-26(24-31)27-18-19-29-23-30(21-20-28(29)22-27)33-14-6-9-25-8-1-2-12-32(25)33/h1-24H. The quantitative estimate of drug-likeness (QED) is 0.199. The summed E-state index contributed by atoms with van der Waals surface area (Å²) in [6, 6.07) is 50.4. The maximum Gasteiger partial charge on any atom is 0.226 e. The molecule has 0 amide bonds. The third-order valence-corrected chi connectivity index (χ3v) is 8.82. The van der Waals surface area contributed by atoms with E-state index in [0.717, 1.165) is 44.2 Å². The fraction of sp³-hybridized carbons (Fsp3) is 0. The number of para-hydroxylation sites is 1.